The van der Waals surface area contributed by atoms with Crippen LogP contribution in [0.4, 0.5) is 5.69 Å². The number of aromatic nitrogens is 3. The van der Waals surface area contributed by atoms with Crippen molar-refractivity contribution in [3.05, 3.63) is 36.3 Å². The van der Waals surface area contributed by atoms with Gasteiger partial charge in [0.15, 0.2) is 5.16 Å². The molecule has 3 N–H and O–H groups in total. The number of carboxylic acid groups (broad SMARTS) is 1. The van der Waals surface area contributed by atoms with Gasteiger partial charge in [-0.1, -0.05) is 0 Å². The fraction of sp³-hybridized carbons (Fsp3) is 0. The van der Waals surface area contributed by atoms with Crippen LogP contribution in [-0.2, 0) is 0 Å². The number of nitrogens with two attached hydrogens (primary N) is 1. The summed E-state index contributed by atoms with van der Waals surface area (Å²) in [6.07, 6.45) is 4.47. The second kappa shape index (κ2) is 4.79. The number of hydrogen-bond acceptors (Lipinski definition) is 6. The van der Waals surface area contributed by atoms with Crippen LogP contribution >= 0.6 is 11.8 Å². The number of aromatic carboxylic acids is 1. The van der Waals surface area contributed by atoms with Gasteiger partial charge >= 0.3 is 5.97 Å². The molecule has 6 nitrogen and oxygen atoms in total. The van der Waals surface area contributed by atoms with Crippen LogP contribution in [0.5, 0.6) is 0 Å². The summed E-state index contributed by atoms with van der Waals surface area (Å²) in [6.45, 7) is 0. The molecule has 7 heteroatoms. The maximum atomic E-state index is 10.7. The molecule has 0 unspecified atom stereocenters. The van der Waals surface area contributed by atoms with Crippen molar-refractivity contribution < 1.29 is 9.90 Å². The SMILES string of the molecule is Nc1cc(C(=O)O)cnc1Sc1ncccn1. The van der Waals surface area contributed by atoms with E-state index in [1.807, 2.05) is 0 Å². The van der Waals surface area contributed by atoms with Crippen molar-refractivity contribution >= 4 is 23.4 Å². The molecule has 2 rings (SSSR count). The van der Waals surface area contributed by atoms with E-state index >= 15 is 0 Å². The molecule has 2 heterocycles. The molecule has 0 aliphatic carbocycles. The molecule has 0 atom stereocenters. The first-order valence-electron chi connectivity index (χ1n) is 4.60. The standard InChI is InChI=1S/C10H8N4O2S/c11-7-4-6(9(15)16)5-14-8(7)17-10-12-2-1-3-13-10/h1-5H,11H2,(H,15,16). The van der Waals surface area contributed by atoms with Crippen LogP contribution in [0.3, 0.4) is 0 Å². The highest BCUT2D eigenvalue weighted by atomic mass is 32.2. The van der Waals surface area contributed by atoms with E-state index in [9.17, 15) is 4.79 Å². The first-order chi connectivity index (χ1) is 8.16. The molecular weight excluding hydrogens is 240 g/mol. The number of nitrogens with zero attached hydrogens (tertiary/aromatic N) is 3. The molecule has 17 heavy (non-hydrogen) atoms. The second-order valence-electron chi connectivity index (χ2n) is 3.06. The van der Waals surface area contributed by atoms with Crippen molar-refractivity contribution in [2.24, 2.45) is 0 Å². The predicted octanol–water partition coefficient (Wildman–Crippen LogP) is 1.30. The van der Waals surface area contributed by atoms with Gasteiger partial charge in [-0.25, -0.2) is 19.7 Å². The number of rotatable bonds is 3. The summed E-state index contributed by atoms with van der Waals surface area (Å²) in [4.78, 5) is 22.7. The smallest absolute Gasteiger partial charge is 0.337 e. The molecule has 2 aromatic heterocycles. The van der Waals surface area contributed by atoms with Crippen molar-refractivity contribution in [1.29, 1.82) is 0 Å². The summed E-state index contributed by atoms with van der Waals surface area (Å²) in [5, 5.41) is 9.76. The van der Waals surface area contributed by atoms with E-state index in [0.29, 0.717) is 15.9 Å². The highest BCUT2D eigenvalue weighted by Crippen LogP contribution is 2.27. The van der Waals surface area contributed by atoms with Crippen LogP contribution < -0.4 is 5.73 Å². The van der Waals surface area contributed by atoms with Gasteiger partial charge in [0.25, 0.3) is 0 Å². The van der Waals surface area contributed by atoms with E-state index in [4.69, 9.17) is 10.8 Å². The lowest BCUT2D eigenvalue weighted by Gasteiger charge is -2.03. The van der Waals surface area contributed by atoms with Gasteiger partial charge in [0.2, 0.25) is 0 Å². The molecule has 0 aliphatic rings. The van der Waals surface area contributed by atoms with Gasteiger partial charge < -0.3 is 10.8 Å². The minimum Gasteiger partial charge on any atom is -0.478 e. The minimum absolute atomic E-state index is 0.0563. The van der Waals surface area contributed by atoms with E-state index in [1.54, 1.807) is 18.5 Å². The van der Waals surface area contributed by atoms with E-state index < -0.39 is 5.97 Å². The Hall–Kier alpha value is -2.15. The molecule has 0 spiro atoms. The van der Waals surface area contributed by atoms with Crippen molar-refractivity contribution in [1.82, 2.24) is 15.0 Å². The highest BCUT2D eigenvalue weighted by molar-refractivity contribution is 7.99. The number of anilines is 1. The predicted molar refractivity (Wildman–Crippen MR) is 61.8 cm³/mol. The fourth-order valence-electron chi connectivity index (χ4n) is 1.10. The van der Waals surface area contributed by atoms with Gasteiger partial charge in [0.1, 0.15) is 5.03 Å². The van der Waals surface area contributed by atoms with Crippen molar-refractivity contribution in [3.63, 3.8) is 0 Å². The lowest BCUT2D eigenvalue weighted by Crippen LogP contribution is -2.01. The summed E-state index contributed by atoms with van der Waals surface area (Å²) in [7, 11) is 0. The molecular formula is C10H8N4O2S. The molecule has 0 aromatic carbocycles. The maximum Gasteiger partial charge on any atom is 0.337 e. The molecule has 0 bridgehead atoms. The van der Waals surface area contributed by atoms with Crippen molar-refractivity contribution in [3.8, 4) is 0 Å². The van der Waals surface area contributed by atoms with Crippen LogP contribution in [0, 0.1) is 0 Å². The molecule has 0 saturated carbocycles. The summed E-state index contributed by atoms with van der Waals surface area (Å²) < 4.78 is 0. The first-order valence-corrected chi connectivity index (χ1v) is 5.42. The van der Waals surface area contributed by atoms with E-state index in [-0.39, 0.29) is 5.56 Å². The number of carbonyl (C=O) groups is 1. The van der Waals surface area contributed by atoms with Gasteiger partial charge in [-0.2, -0.15) is 0 Å². The fourth-order valence-corrected chi connectivity index (χ4v) is 1.78. The summed E-state index contributed by atoms with van der Waals surface area (Å²) in [5.41, 5.74) is 6.05. The third-order valence-corrected chi connectivity index (χ3v) is 2.78. The largest absolute Gasteiger partial charge is 0.478 e. The third kappa shape index (κ3) is 2.70. The Balaban J connectivity index is 2.26. The Bertz CT molecular complexity index is 547. The third-order valence-electron chi connectivity index (χ3n) is 1.86. The van der Waals surface area contributed by atoms with Crippen LogP contribution in [0.15, 0.2) is 40.9 Å². The zero-order valence-electron chi connectivity index (χ0n) is 8.57. The highest BCUT2D eigenvalue weighted by Gasteiger charge is 2.09. The van der Waals surface area contributed by atoms with E-state index in [0.717, 1.165) is 0 Å². The second-order valence-corrected chi connectivity index (χ2v) is 4.01. The van der Waals surface area contributed by atoms with Gasteiger partial charge in [0.05, 0.1) is 11.3 Å². The zero-order chi connectivity index (χ0) is 12.3. The molecule has 0 radical (unpaired) electrons. The van der Waals surface area contributed by atoms with Crippen LogP contribution in [0.2, 0.25) is 0 Å². The summed E-state index contributed by atoms with van der Waals surface area (Å²) in [6, 6.07) is 3.06. The van der Waals surface area contributed by atoms with Gasteiger partial charge in [0, 0.05) is 18.6 Å². The monoisotopic (exact) mass is 248 g/mol. The van der Waals surface area contributed by atoms with Gasteiger partial charge in [-0.05, 0) is 23.9 Å². The normalized spacial score (nSPS) is 10.1. The van der Waals surface area contributed by atoms with Gasteiger partial charge in [-0.3, -0.25) is 0 Å². The molecule has 0 amide bonds. The molecule has 2 aromatic rings. The molecule has 0 fully saturated rings. The minimum atomic E-state index is -1.06. The Labute approximate surface area is 101 Å². The maximum absolute atomic E-state index is 10.7. The average Bonchev–Trinajstić information content (AvgIpc) is 2.33. The Morgan fingerprint density at radius 2 is 2.00 bits per heavy atom. The lowest BCUT2D eigenvalue weighted by atomic mass is 10.3. The van der Waals surface area contributed by atoms with Crippen molar-refractivity contribution in [2.45, 2.75) is 10.2 Å². The molecule has 0 aliphatic heterocycles. The quantitative estimate of drug-likeness (QED) is 0.789. The first kappa shape index (κ1) is 11.3. The zero-order valence-corrected chi connectivity index (χ0v) is 9.39. The van der Waals surface area contributed by atoms with Crippen LogP contribution in [-0.4, -0.2) is 26.0 Å². The number of pyridine rings is 1. The molecule has 86 valence electrons. The number of carboxylic acids is 1. The molecule has 0 saturated heterocycles. The van der Waals surface area contributed by atoms with Crippen LogP contribution in [0.25, 0.3) is 0 Å². The summed E-state index contributed by atoms with van der Waals surface area (Å²) >= 11 is 1.18. The summed E-state index contributed by atoms with van der Waals surface area (Å²) in [5.74, 6) is -1.06. The lowest BCUT2D eigenvalue weighted by molar-refractivity contribution is 0.0696. The van der Waals surface area contributed by atoms with Gasteiger partial charge in [-0.15, -0.1) is 0 Å². The number of nitrogen functional groups attached to an aromatic ring is 1. The van der Waals surface area contributed by atoms with E-state index in [2.05, 4.69) is 15.0 Å². The number of hydrogen-bond donors (Lipinski definition) is 2. The Kier molecular flexibility index (Phi) is 3.20. The Morgan fingerprint density at radius 3 is 2.59 bits per heavy atom. The van der Waals surface area contributed by atoms with E-state index in [1.165, 1.54) is 24.0 Å². The van der Waals surface area contributed by atoms with Crippen LogP contribution in [0.1, 0.15) is 10.4 Å². The Morgan fingerprint density at radius 1 is 1.29 bits per heavy atom. The average molecular weight is 248 g/mol. The topological polar surface area (TPSA) is 102 Å². The van der Waals surface area contributed by atoms with Crippen molar-refractivity contribution in [2.75, 3.05) is 5.73 Å².